The Morgan fingerprint density at radius 1 is 1.38 bits per heavy atom. The molecule has 0 spiro atoms. The van der Waals surface area contributed by atoms with Crippen LogP contribution in [0.15, 0.2) is 12.3 Å². The van der Waals surface area contributed by atoms with Gasteiger partial charge >= 0.3 is 6.18 Å². The first-order chi connectivity index (χ1) is 7.23. The average molecular weight is 242 g/mol. The molecule has 1 rings (SSSR count). The summed E-state index contributed by atoms with van der Waals surface area (Å²) in [6, 6.07) is 0.0362. The zero-order valence-corrected chi connectivity index (χ0v) is 7.33. The van der Waals surface area contributed by atoms with E-state index in [-0.39, 0.29) is 12.3 Å². The predicted octanol–water partition coefficient (Wildman–Crippen LogP) is 2.95. The predicted molar refractivity (Wildman–Crippen MR) is 40.9 cm³/mol. The Kier molecular flexibility index (Phi) is 3.06. The molecule has 0 unspecified atom stereocenters. The van der Waals surface area contributed by atoms with Crippen molar-refractivity contribution in [3.05, 3.63) is 33.6 Å². The lowest BCUT2D eigenvalue weighted by Crippen LogP contribution is -2.08. The van der Waals surface area contributed by atoms with Crippen molar-refractivity contribution in [3.63, 3.8) is 0 Å². The number of halogens is 5. The molecule has 16 heavy (non-hydrogen) atoms. The fraction of sp³-hybridized carbons (Fsp3) is 0.286. The third-order valence-corrected chi connectivity index (χ3v) is 1.63. The van der Waals surface area contributed by atoms with E-state index in [2.05, 4.69) is 4.98 Å². The van der Waals surface area contributed by atoms with Gasteiger partial charge in [0, 0.05) is 12.3 Å². The SMILES string of the molecule is O=[N+]([O-])c1cc(C(F)(F)F)cnc1C(F)F. The summed E-state index contributed by atoms with van der Waals surface area (Å²) in [5.74, 6) is 0. The first-order valence-electron chi connectivity index (χ1n) is 3.73. The highest BCUT2D eigenvalue weighted by Crippen LogP contribution is 2.34. The number of hydrogen-bond donors (Lipinski definition) is 0. The van der Waals surface area contributed by atoms with Crippen LogP contribution in [0.25, 0.3) is 0 Å². The molecule has 1 aromatic rings. The lowest BCUT2D eigenvalue weighted by molar-refractivity contribution is -0.386. The van der Waals surface area contributed by atoms with Gasteiger partial charge in [0.2, 0.25) is 0 Å². The molecule has 0 fully saturated rings. The number of nitro groups is 1. The van der Waals surface area contributed by atoms with Crippen LogP contribution >= 0.6 is 0 Å². The third-order valence-electron chi connectivity index (χ3n) is 1.63. The van der Waals surface area contributed by atoms with Gasteiger partial charge in [-0.2, -0.15) is 13.2 Å². The summed E-state index contributed by atoms with van der Waals surface area (Å²) in [5.41, 5.74) is -4.06. The smallest absolute Gasteiger partial charge is 0.258 e. The summed E-state index contributed by atoms with van der Waals surface area (Å²) in [7, 11) is 0. The van der Waals surface area contributed by atoms with E-state index in [4.69, 9.17) is 0 Å². The summed E-state index contributed by atoms with van der Waals surface area (Å²) < 4.78 is 60.7. The molecule has 1 aromatic heterocycles. The third kappa shape index (κ3) is 2.41. The summed E-state index contributed by atoms with van der Waals surface area (Å²) in [4.78, 5) is 11.7. The van der Waals surface area contributed by atoms with Gasteiger partial charge in [-0.25, -0.2) is 13.8 Å². The summed E-state index contributed by atoms with van der Waals surface area (Å²) in [6.45, 7) is 0. The monoisotopic (exact) mass is 242 g/mol. The Balaban J connectivity index is 3.34. The van der Waals surface area contributed by atoms with Crippen LogP contribution in [0.5, 0.6) is 0 Å². The van der Waals surface area contributed by atoms with Gasteiger partial charge in [-0.1, -0.05) is 0 Å². The lowest BCUT2D eigenvalue weighted by Gasteiger charge is -2.07. The van der Waals surface area contributed by atoms with E-state index < -0.39 is 34.5 Å². The molecule has 0 aliphatic carbocycles. The molecule has 0 amide bonds. The molecule has 9 heteroatoms. The Morgan fingerprint density at radius 3 is 2.31 bits per heavy atom. The standard InChI is InChI=1S/C7H3F5N2O2/c8-6(9)5-4(14(15)16)1-3(2-13-5)7(10,11)12/h1-2,6H. The Bertz CT molecular complexity index is 418. The van der Waals surface area contributed by atoms with Gasteiger partial charge in [0.15, 0.2) is 5.69 Å². The second-order valence-corrected chi connectivity index (χ2v) is 2.68. The fourth-order valence-corrected chi connectivity index (χ4v) is 0.933. The van der Waals surface area contributed by atoms with Gasteiger partial charge in [0.25, 0.3) is 12.1 Å². The van der Waals surface area contributed by atoms with Crippen LogP contribution in [0.3, 0.4) is 0 Å². The quantitative estimate of drug-likeness (QED) is 0.455. The Hall–Kier alpha value is -1.80. The van der Waals surface area contributed by atoms with E-state index in [0.717, 1.165) is 0 Å². The zero-order valence-electron chi connectivity index (χ0n) is 7.33. The molecule has 0 atom stereocenters. The lowest BCUT2D eigenvalue weighted by atomic mass is 10.2. The zero-order chi connectivity index (χ0) is 12.5. The van der Waals surface area contributed by atoms with Gasteiger partial charge in [-0.15, -0.1) is 0 Å². The average Bonchev–Trinajstić information content (AvgIpc) is 2.15. The van der Waals surface area contributed by atoms with Crippen LogP contribution in [0, 0.1) is 10.1 Å². The highest BCUT2D eigenvalue weighted by molar-refractivity contribution is 5.39. The molecular weight excluding hydrogens is 239 g/mol. The first kappa shape index (κ1) is 12.3. The molecule has 0 saturated carbocycles. The maximum Gasteiger partial charge on any atom is 0.418 e. The molecule has 0 radical (unpaired) electrons. The molecule has 0 saturated heterocycles. The van der Waals surface area contributed by atoms with Crippen molar-refractivity contribution in [1.29, 1.82) is 0 Å². The molecule has 0 aliphatic heterocycles. The maximum atomic E-state index is 12.2. The number of alkyl halides is 5. The van der Waals surface area contributed by atoms with Crippen LogP contribution in [-0.4, -0.2) is 9.91 Å². The second kappa shape index (κ2) is 3.99. The van der Waals surface area contributed by atoms with Crippen molar-refractivity contribution in [2.24, 2.45) is 0 Å². The van der Waals surface area contributed by atoms with Crippen molar-refractivity contribution >= 4 is 5.69 Å². The normalized spacial score (nSPS) is 11.9. The minimum Gasteiger partial charge on any atom is -0.258 e. The summed E-state index contributed by atoms with van der Waals surface area (Å²) in [5, 5.41) is 10.3. The van der Waals surface area contributed by atoms with Crippen molar-refractivity contribution < 1.29 is 26.9 Å². The van der Waals surface area contributed by atoms with Crippen molar-refractivity contribution in [1.82, 2.24) is 4.98 Å². The molecule has 0 aromatic carbocycles. The van der Waals surface area contributed by atoms with Gasteiger partial charge in [-0.3, -0.25) is 10.1 Å². The Morgan fingerprint density at radius 2 is 1.94 bits per heavy atom. The first-order valence-corrected chi connectivity index (χ1v) is 3.73. The van der Waals surface area contributed by atoms with Gasteiger partial charge in [0.05, 0.1) is 10.5 Å². The topological polar surface area (TPSA) is 56.0 Å². The van der Waals surface area contributed by atoms with E-state index >= 15 is 0 Å². The van der Waals surface area contributed by atoms with E-state index in [9.17, 15) is 32.1 Å². The van der Waals surface area contributed by atoms with Crippen molar-refractivity contribution in [2.75, 3.05) is 0 Å². The largest absolute Gasteiger partial charge is 0.418 e. The maximum absolute atomic E-state index is 12.2. The number of pyridine rings is 1. The molecular formula is C7H3F5N2O2. The summed E-state index contributed by atoms with van der Waals surface area (Å²) in [6.07, 6.45) is -8.03. The van der Waals surface area contributed by atoms with Gasteiger partial charge in [-0.05, 0) is 0 Å². The van der Waals surface area contributed by atoms with E-state index in [1.54, 1.807) is 0 Å². The minimum atomic E-state index is -4.86. The van der Waals surface area contributed by atoms with Crippen LogP contribution < -0.4 is 0 Å². The van der Waals surface area contributed by atoms with Gasteiger partial charge in [0.1, 0.15) is 0 Å². The number of hydrogen-bond acceptors (Lipinski definition) is 3. The van der Waals surface area contributed by atoms with E-state index in [0.29, 0.717) is 0 Å². The molecule has 0 N–H and O–H groups in total. The number of rotatable bonds is 2. The molecule has 4 nitrogen and oxygen atoms in total. The second-order valence-electron chi connectivity index (χ2n) is 2.68. The van der Waals surface area contributed by atoms with Crippen LogP contribution in [0.2, 0.25) is 0 Å². The molecule has 1 heterocycles. The number of aromatic nitrogens is 1. The Labute approximate surface area is 84.9 Å². The highest BCUT2D eigenvalue weighted by atomic mass is 19.4. The number of nitrogens with zero attached hydrogens (tertiary/aromatic N) is 2. The van der Waals surface area contributed by atoms with Crippen molar-refractivity contribution in [3.8, 4) is 0 Å². The van der Waals surface area contributed by atoms with Crippen LogP contribution in [0.4, 0.5) is 27.6 Å². The summed E-state index contributed by atoms with van der Waals surface area (Å²) >= 11 is 0. The van der Waals surface area contributed by atoms with Crippen molar-refractivity contribution in [2.45, 2.75) is 12.6 Å². The van der Waals surface area contributed by atoms with Crippen LogP contribution in [0.1, 0.15) is 17.7 Å². The minimum absolute atomic E-state index is 0.0362. The molecule has 0 bridgehead atoms. The van der Waals surface area contributed by atoms with Gasteiger partial charge < -0.3 is 0 Å². The molecule has 88 valence electrons. The van der Waals surface area contributed by atoms with E-state index in [1.165, 1.54) is 0 Å². The van der Waals surface area contributed by atoms with Crippen LogP contribution in [-0.2, 0) is 6.18 Å². The van der Waals surface area contributed by atoms with E-state index in [1.807, 2.05) is 0 Å². The molecule has 0 aliphatic rings. The highest BCUT2D eigenvalue weighted by Gasteiger charge is 2.35. The fourth-order valence-electron chi connectivity index (χ4n) is 0.933.